The molecule has 0 aliphatic carbocycles. The second kappa shape index (κ2) is 5.52. The summed E-state index contributed by atoms with van der Waals surface area (Å²) < 4.78 is 39.8. The molecule has 0 aliphatic heterocycles. The average molecular weight is 254 g/mol. The number of alkyl halides is 3. The highest BCUT2D eigenvalue weighted by Crippen LogP contribution is 2.22. The van der Waals surface area contributed by atoms with Crippen molar-refractivity contribution < 1.29 is 17.9 Å². The molecule has 90 valence electrons. The van der Waals surface area contributed by atoms with Gasteiger partial charge < -0.3 is 10.5 Å². The summed E-state index contributed by atoms with van der Waals surface area (Å²) in [7, 11) is 0. The number of halogens is 4. The molecule has 0 aromatic heterocycles. The fourth-order valence-corrected chi connectivity index (χ4v) is 1.44. The third kappa shape index (κ3) is 4.38. The van der Waals surface area contributed by atoms with Crippen molar-refractivity contribution in [3.8, 4) is 0 Å². The van der Waals surface area contributed by atoms with Crippen LogP contribution in [0.25, 0.3) is 0 Å². The molecule has 16 heavy (non-hydrogen) atoms. The minimum absolute atomic E-state index is 0.219. The van der Waals surface area contributed by atoms with E-state index in [1.807, 2.05) is 0 Å². The van der Waals surface area contributed by atoms with Gasteiger partial charge in [-0.15, -0.1) is 0 Å². The Morgan fingerprint density at radius 1 is 1.31 bits per heavy atom. The number of hydrogen-bond acceptors (Lipinski definition) is 2. The van der Waals surface area contributed by atoms with Crippen LogP contribution < -0.4 is 5.73 Å². The lowest BCUT2D eigenvalue weighted by molar-refractivity contribution is -0.174. The van der Waals surface area contributed by atoms with E-state index in [0.717, 1.165) is 0 Å². The second-order valence-corrected chi connectivity index (χ2v) is 3.67. The standard InChI is InChI=1S/C10H11ClF3NO/c11-8-4-2-1-3-7(8)9(15)5-16-6-10(12,13)14/h1-4,9H,5-6,15H2. The molecule has 0 radical (unpaired) electrons. The molecule has 1 aromatic rings. The first-order valence-electron chi connectivity index (χ1n) is 4.54. The van der Waals surface area contributed by atoms with Crippen molar-refractivity contribution >= 4 is 11.6 Å². The lowest BCUT2D eigenvalue weighted by atomic mass is 10.1. The molecule has 0 saturated heterocycles. The molecule has 1 rings (SSSR count). The topological polar surface area (TPSA) is 35.2 Å². The van der Waals surface area contributed by atoms with Crippen molar-refractivity contribution in [3.05, 3.63) is 34.9 Å². The molecular weight excluding hydrogens is 243 g/mol. The number of hydrogen-bond donors (Lipinski definition) is 1. The van der Waals surface area contributed by atoms with Crippen LogP contribution in [0.4, 0.5) is 13.2 Å². The molecule has 1 unspecified atom stereocenters. The van der Waals surface area contributed by atoms with E-state index in [2.05, 4.69) is 4.74 Å². The smallest absolute Gasteiger partial charge is 0.370 e. The van der Waals surface area contributed by atoms with Crippen LogP contribution in [0.3, 0.4) is 0 Å². The quantitative estimate of drug-likeness (QED) is 0.895. The van der Waals surface area contributed by atoms with Gasteiger partial charge in [0.1, 0.15) is 6.61 Å². The molecule has 0 amide bonds. The Morgan fingerprint density at radius 3 is 2.50 bits per heavy atom. The van der Waals surface area contributed by atoms with E-state index >= 15 is 0 Å². The molecule has 0 bridgehead atoms. The summed E-state index contributed by atoms with van der Waals surface area (Å²) in [4.78, 5) is 0. The van der Waals surface area contributed by atoms with E-state index < -0.39 is 18.8 Å². The third-order valence-corrected chi connectivity index (χ3v) is 2.21. The molecule has 6 heteroatoms. The summed E-state index contributed by atoms with van der Waals surface area (Å²) >= 11 is 5.83. The molecule has 0 heterocycles. The lowest BCUT2D eigenvalue weighted by Crippen LogP contribution is -2.23. The third-order valence-electron chi connectivity index (χ3n) is 1.87. The summed E-state index contributed by atoms with van der Waals surface area (Å²) in [6.07, 6.45) is -4.33. The average Bonchev–Trinajstić information content (AvgIpc) is 2.16. The van der Waals surface area contributed by atoms with Crippen molar-refractivity contribution in [1.82, 2.24) is 0 Å². The Hall–Kier alpha value is -0.780. The molecule has 1 atom stereocenters. The minimum atomic E-state index is -4.33. The Labute approximate surface area is 96.1 Å². The van der Waals surface area contributed by atoms with Gasteiger partial charge in [0, 0.05) is 5.02 Å². The van der Waals surface area contributed by atoms with Crippen LogP contribution in [0, 0.1) is 0 Å². The van der Waals surface area contributed by atoms with Crippen molar-refractivity contribution in [2.75, 3.05) is 13.2 Å². The largest absolute Gasteiger partial charge is 0.411 e. The van der Waals surface area contributed by atoms with Gasteiger partial charge in [0.25, 0.3) is 0 Å². The van der Waals surface area contributed by atoms with Crippen LogP contribution in [0.2, 0.25) is 5.02 Å². The highest BCUT2D eigenvalue weighted by atomic mass is 35.5. The maximum absolute atomic E-state index is 11.8. The summed E-state index contributed by atoms with van der Waals surface area (Å²) in [6.45, 7) is -1.52. The first-order valence-corrected chi connectivity index (χ1v) is 4.92. The van der Waals surface area contributed by atoms with Gasteiger partial charge in [0.15, 0.2) is 0 Å². The fourth-order valence-electron chi connectivity index (χ4n) is 1.17. The molecule has 0 spiro atoms. The first kappa shape index (κ1) is 13.3. The van der Waals surface area contributed by atoms with E-state index in [9.17, 15) is 13.2 Å². The van der Waals surface area contributed by atoms with Gasteiger partial charge in [-0.2, -0.15) is 13.2 Å². The van der Waals surface area contributed by atoms with Crippen LogP contribution >= 0.6 is 11.6 Å². The van der Waals surface area contributed by atoms with Crippen molar-refractivity contribution in [2.24, 2.45) is 5.73 Å². The van der Waals surface area contributed by atoms with Crippen LogP contribution in [0.5, 0.6) is 0 Å². The minimum Gasteiger partial charge on any atom is -0.370 e. The summed E-state index contributed by atoms with van der Waals surface area (Å²) in [6, 6.07) is 6.06. The van der Waals surface area contributed by atoms with Crippen LogP contribution in [0.15, 0.2) is 24.3 Å². The molecule has 2 N–H and O–H groups in total. The van der Waals surface area contributed by atoms with E-state index in [4.69, 9.17) is 17.3 Å². The van der Waals surface area contributed by atoms with Gasteiger partial charge in [-0.1, -0.05) is 29.8 Å². The maximum atomic E-state index is 11.8. The van der Waals surface area contributed by atoms with Gasteiger partial charge in [-0.25, -0.2) is 0 Å². The molecule has 0 saturated carbocycles. The van der Waals surface area contributed by atoms with Gasteiger partial charge in [0.05, 0.1) is 12.6 Å². The van der Waals surface area contributed by atoms with Crippen LogP contribution in [-0.4, -0.2) is 19.4 Å². The summed E-state index contributed by atoms with van der Waals surface area (Å²) in [5.74, 6) is 0. The molecular formula is C10H11ClF3NO. The monoisotopic (exact) mass is 253 g/mol. The van der Waals surface area contributed by atoms with Crippen LogP contribution in [-0.2, 0) is 4.74 Å². The SMILES string of the molecule is NC(COCC(F)(F)F)c1ccccc1Cl. The summed E-state index contributed by atoms with van der Waals surface area (Å²) in [5.41, 5.74) is 6.22. The van der Waals surface area contributed by atoms with E-state index in [1.165, 1.54) is 0 Å². The van der Waals surface area contributed by atoms with Crippen LogP contribution in [0.1, 0.15) is 11.6 Å². The summed E-state index contributed by atoms with van der Waals surface area (Å²) in [5, 5.41) is 0.422. The van der Waals surface area contributed by atoms with Gasteiger partial charge >= 0.3 is 6.18 Å². The molecule has 1 aromatic carbocycles. The lowest BCUT2D eigenvalue weighted by Gasteiger charge is -2.14. The van der Waals surface area contributed by atoms with Gasteiger partial charge in [-0.05, 0) is 11.6 Å². The Bertz CT molecular complexity index is 343. The molecule has 0 aliphatic rings. The zero-order chi connectivity index (χ0) is 12.2. The van der Waals surface area contributed by atoms with E-state index in [1.54, 1.807) is 24.3 Å². The second-order valence-electron chi connectivity index (χ2n) is 3.26. The van der Waals surface area contributed by atoms with Gasteiger partial charge in [-0.3, -0.25) is 0 Å². The zero-order valence-electron chi connectivity index (χ0n) is 8.30. The Balaban J connectivity index is 2.47. The number of nitrogens with two attached hydrogens (primary N) is 1. The fraction of sp³-hybridized carbons (Fsp3) is 0.400. The number of ether oxygens (including phenoxy) is 1. The Kier molecular flexibility index (Phi) is 4.58. The Morgan fingerprint density at radius 2 is 1.94 bits per heavy atom. The van der Waals surface area contributed by atoms with E-state index in [0.29, 0.717) is 10.6 Å². The predicted molar refractivity (Wildman–Crippen MR) is 55.3 cm³/mol. The highest BCUT2D eigenvalue weighted by Gasteiger charge is 2.27. The van der Waals surface area contributed by atoms with E-state index in [-0.39, 0.29) is 6.61 Å². The number of benzene rings is 1. The molecule has 2 nitrogen and oxygen atoms in total. The van der Waals surface area contributed by atoms with Crippen molar-refractivity contribution in [2.45, 2.75) is 12.2 Å². The highest BCUT2D eigenvalue weighted by molar-refractivity contribution is 6.31. The maximum Gasteiger partial charge on any atom is 0.411 e. The van der Waals surface area contributed by atoms with Crippen molar-refractivity contribution in [3.63, 3.8) is 0 Å². The normalized spacial score (nSPS) is 13.8. The number of rotatable bonds is 4. The van der Waals surface area contributed by atoms with Gasteiger partial charge in [0.2, 0.25) is 0 Å². The first-order chi connectivity index (χ1) is 7.40. The van der Waals surface area contributed by atoms with Crippen molar-refractivity contribution in [1.29, 1.82) is 0 Å². The zero-order valence-corrected chi connectivity index (χ0v) is 9.05. The predicted octanol–water partition coefficient (Wildman–Crippen LogP) is 2.92. The molecule has 0 fully saturated rings.